The first-order valence-electron chi connectivity index (χ1n) is 7.80. The van der Waals surface area contributed by atoms with Gasteiger partial charge in [-0.1, -0.05) is 17.9 Å². The Kier molecular flexibility index (Phi) is 4.58. The molecule has 0 saturated heterocycles. The van der Waals surface area contributed by atoms with Gasteiger partial charge >= 0.3 is 0 Å². The van der Waals surface area contributed by atoms with Crippen molar-refractivity contribution in [3.8, 4) is 11.8 Å². The van der Waals surface area contributed by atoms with Crippen LogP contribution in [-0.4, -0.2) is 9.97 Å². The predicted molar refractivity (Wildman–Crippen MR) is 91.8 cm³/mol. The molecular weight excluding hydrogens is 284 g/mol. The van der Waals surface area contributed by atoms with Crippen LogP contribution >= 0.6 is 0 Å². The minimum atomic E-state index is 0.547. The summed E-state index contributed by atoms with van der Waals surface area (Å²) >= 11 is 0. The van der Waals surface area contributed by atoms with E-state index in [0.717, 1.165) is 22.5 Å². The average Bonchev–Trinajstić information content (AvgIpc) is 3.38. The van der Waals surface area contributed by atoms with Gasteiger partial charge in [0.2, 0.25) is 0 Å². The Hall–Kier alpha value is -2.80. The first kappa shape index (κ1) is 15.1. The molecule has 1 aromatic heterocycles. The van der Waals surface area contributed by atoms with Crippen LogP contribution < -0.4 is 11.1 Å². The molecule has 1 aliphatic rings. The number of benzene rings is 1. The van der Waals surface area contributed by atoms with E-state index in [2.05, 4.69) is 40.1 Å². The largest absolute Gasteiger partial charge is 0.397 e. The van der Waals surface area contributed by atoms with Crippen molar-refractivity contribution < 1.29 is 0 Å². The summed E-state index contributed by atoms with van der Waals surface area (Å²) in [5, 5.41) is 3.15. The number of aryl methyl sites for hydroxylation is 1. The smallest absolute Gasteiger partial charge is 0.147 e. The average molecular weight is 304 g/mol. The molecule has 0 amide bonds. The number of nitrogens with one attached hydrogen (secondary N) is 1. The van der Waals surface area contributed by atoms with E-state index in [9.17, 15) is 0 Å². The summed E-state index contributed by atoms with van der Waals surface area (Å²) in [6.45, 7) is 2.60. The summed E-state index contributed by atoms with van der Waals surface area (Å²) in [7, 11) is 0. The van der Waals surface area contributed by atoms with E-state index in [1.54, 1.807) is 24.7 Å². The van der Waals surface area contributed by atoms with E-state index in [-0.39, 0.29) is 0 Å². The van der Waals surface area contributed by atoms with Crippen LogP contribution in [0.2, 0.25) is 0 Å². The fourth-order valence-electron chi connectivity index (χ4n) is 2.23. The Bertz CT molecular complexity index is 765. The lowest BCUT2D eigenvalue weighted by Gasteiger charge is -2.08. The third kappa shape index (κ3) is 4.33. The third-order valence-electron chi connectivity index (χ3n) is 3.67. The Morgan fingerprint density at radius 1 is 1.35 bits per heavy atom. The number of aromatic nitrogens is 2. The molecule has 1 fully saturated rings. The molecule has 0 aliphatic heterocycles. The first-order chi connectivity index (χ1) is 11.2. The van der Waals surface area contributed by atoms with Crippen molar-refractivity contribution in [3.05, 3.63) is 65.4 Å². The van der Waals surface area contributed by atoms with Gasteiger partial charge < -0.3 is 11.1 Å². The number of hydrogen-bond acceptors (Lipinski definition) is 4. The van der Waals surface area contributed by atoms with Gasteiger partial charge in [-0.25, -0.2) is 9.97 Å². The Morgan fingerprint density at radius 3 is 2.83 bits per heavy atom. The van der Waals surface area contributed by atoms with Crippen LogP contribution in [0, 0.1) is 24.7 Å². The first-order valence-corrected chi connectivity index (χ1v) is 7.80. The molecule has 3 rings (SSSR count). The van der Waals surface area contributed by atoms with Crippen LogP contribution in [0.4, 0.5) is 0 Å². The topological polar surface area (TPSA) is 63.8 Å². The lowest BCUT2D eigenvalue weighted by molar-refractivity contribution is 0.794. The van der Waals surface area contributed by atoms with Crippen molar-refractivity contribution in [2.45, 2.75) is 26.3 Å². The zero-order valence-electron chi connectivity index (χ0n) is 13.2. The summed E-state index contributed by atoms with van der Waals surface area (Å²) in [6, 6.07) is 7.94. The molecule has 23 heavy (non-hydrogen) atoms. The van der Waals surface area contributed by atoms with Crippen LogP contribution in [0.25, 0.3) is 5.70 Å². The fraction of sp³-hybridized carbons (Fsp3) is 0.263. The highest BCUT2D eigenvalue weighted by molar-refractivity contribution is 5.66. The van der Waals surface area contributed by atoms with E-state index < -0.39 is 0 Å². The predicted octanol–water partition coefficient (Wildman–Crippen LogP) is 2.59. The minimum Gasteiger partial charge on any atom is -0.397 e. The minimum absolute atomic E-state index is 0.547. The molecule has 1 saturated carbocycles. The van der Waals surface area contributed by atoms with Crippen LogP contribution in [0.15, 0.2) is 42.9 Å². The van der Waals surface area contributed by atoms with Gasteiger partial charge in [0.1, 0.15) is 5.82 Å². The number of nitrogens with two attached hydrogens (primary N) is 1. The van der Waals surface area contributed by atoms with Crippen molar-refractivity contribution in [1.82, 2.24) is 15.3 Å². The molecule has 0 spiro atoms. The molecule has 1 heterocycles. The SMILES string of the molecule is Cc1cc(C#CC2CC2)ccc1/C(N)=C/NCc1ncccn1. The van der Waals surface area contributed by atoms with Crippen molar-refractivity contribution in [3.63, 3.8) is 0 Å². The molecule has 2 aromatic rings. The lowest BCUT2D eigenvalue weighted by Crippen LogP contribution is -2.11. The van der Waals surface area contributed by atoms with E-state index in [4.69, 9.17) is 5.73 Å². The standard InChI is InChI=1S/C19H20N4/c1-14-11-16(6-5-15-3-4-15)7-8-17(14)18(20)12-21-13-19-22-9-2-10-23-19/h2,7-12,15,21H,3-4,13,20H2,1H3/b18-12-. The summed E-state index contributed by atoms with van der Waals surface area (Å²) < 4.78 is 0. The highest BCUT2D eigenvalue weighted by Crippen LogP contribution is 2.27. The zero-order valence-corrected chi connectivity index (χ0v) is 13.2. The molecule has 1 aromatic carbocycles. The van der Waals surface area contributed by atoms with Crippen molar-refractivity contribution in [2.24, 2.45) is 11.7 Å². The molecule has 0 atom stereocenters. The third-order valence-corrected chi connectivity index (χ3v) is 3.67. The zero-order chi connectivity index (χ0) is 16.1. The molecule has 116 valence electrons. The molecule has 4 nitrogen and oxygen atoms in total. The van der Waals surface area contributed by atoms with Gasteiger partial charge in [0.15, 0.2) is 0 Å². The molecule has 0 radical (unpaired) electrons. The summed E-state index contributed by atoms with van der Waals surface area (Å²) in [5.74, 6) is 7.87. The van der Waals surface area contributed by atoms with E-state index >= 15 is 0 Å². The van der Waals surface area contributed by atoms with Gasteiger partial charge in [-0.2, -0.15) is 0 Å². The molecule has 4 heteroatoms. The van der Waals surface area contributed by atoms with Crippen molar-refractivity contribution in [2.75, 3.05) is 0 Å². The Balaban J connectivity index is 1.65. The van der Waals surface area contributed by atoms with Gasteiger partial charge in [0.25, 0.3) is 0 Å². The van der Waals surface area contributed by atoms with Crippen LogP contribution in [0.5, 0.6) is 0 Å². The molecule has 0 bridgehead atoms. The number of nitrogens with zero attached hydrogens (tertiary/aromatic N) is 2. The maximum atomic E-state index is 6.16. The monoisotopic (exact) mass is 304 g/mol. The molecule has 0 unspecified atom stereocenters. The van der Waals surface area contributed by atoms with Gasteiger partial charge in [-0.05, 0) is 43.5 Å². The lowest BCUT2D eigenvalue weighted by atomic mass is 10.0. The number of rotatable bonds is 4. The molecule has 3 N–H and O–H groups in total. The van der Waals surface area contributed by atoms with Gasteiger partial charge in [-0.3, -0.25) is 0 Å². The van der Waals surface area contributed by atoms with Gasteiger partial charge in [-0.15, -0.1) is 0 Å². The molecule has 1 aliphatic carbocycles. The normalized spacial score (nSPS) is 14.0. The summed E-state index contributed by atoms with van der Waals surface area (Å²) in [5.41, 5.74) is 10.1. The fourth-order valence-corrected chi connectivity index (χ4v) is 2.23. The van der Waals surface area contributed by atoms with E-state index in [0.29, 0.717) is 18.2 Å². The second-order valence-electron chi connectivity index (χ2n) is 5.72. The van der Waals surface area contributed by atoms with Gasteiger partial charge in [0.05, 0.1) is 12.2 Å². The second-order valence-corrected chi connectivity index (χ2v) is 5.72. The van der Waals surface area contributed by atoms with Crippen LogP contribution in [0.1, 0.15) is 35.4 Å². The second kappa shape index (κ2) is 6.97. The Morgan fingerprint density at radius 2 is 2.13 bits per heavy atom. The highest BCUT2D eigenvalue weighted by atomic mass is 14.9. The number of hydrogen-bond donors (Lipinski definition) is 2. The quantitative estimate of drug-likeness (QED) is 0.852. The maximum Gasteiger partial charge on any atom is 0.147 e. The molecular formula is C19H20N4. The van der Waals surface area contributed by atoms with Crippen molar-refractivity contribution in [1.29, 1.82) is 0 Å². The van der Waals surface area contributed by atoms with E-state index in [1.165, 1.54) is 12.8 Å². The summed E-state index contributed by atoms with van der Waals surface area (Å²) in [4.78, 5) is 8.32. The van der Waals surface area contributed by atoms with Crippen molar-refractivity contribution >= 4 is 5.70 Å². The van der Waals surface area contributed by atoms with Gasteiger partial charge in [0, 0.05) is 35.6 Å². The summed E-state index contributed by atoms with van der Waals surface area (Å²) in [6.07, 6.45) is 7.74. The maximum absolute atomic E-state index is 6.16. The Labute approximate surface area is 136 Å². The van der Waals surface area contributed by atoms with Crippen LogP contribution in [-0.2, 0) is 6.54 Å². The van der Waals surface area contributed by atoms with E-state index in [1.807, 2.05) is 12.1 Å². The highest BCUT2D eigenvalue weighted by Gasteiger charge is 2.17. The van der Waals surface area contributed by atoms with Crippen LogP contribution in [0.3, 0.4) is 0 Å².